The van der Waals surface area contributed by atoms with Gasteiger partial charge in [-0.1, -0.05) is 20.8 Å². The maximum absolute atomic E-state index is 6.08. The molecular weight excluding hydrogens is 272 g/mol. The lowest BCUT2D eigenvalue weighted by Gasteiger charge is -2.36. The first-order valence-electron chi connectivity index (χ1n) is 7.54. The van der Waals surface area contributed by atoms with Crippen LogP contribution >= 0.6 is 11.6 Å². The van der Waals surface area contributed by atoms with Crippen LogP contribution in [0.5, 0.6) is 0 Å². The van der Waals surface area contributed by atoms with Crippen molar-refractivity contribution in [1.29, 1.82) is 0 Å². The fourth-order valence-electron chi connectivity index (χ4n) is 2.60. The number of nitrogens with zero attached hydrogens (tertiary/aromatic N) is 4. The molecule has 0 radical (unpaired) electrons. The summed E-state index contributed by atoms with van der Waals surface area (Å²) in [6, 6.07) is 0. The SMILES string of the molecule is CCCN1CCN(c2cnc(C(C)C)nc2CCl)CC1. The van der Waals surface area contributed by atoms with Gasteiger partial charge in [0.1, 0.15) is 5.82 Å². The normalized spacial score (nSPS) is 16.9. The summed E-state index contributed by atoms with van der Waals surface area (Å²) in [7, 11) is 0. The molecule has 1 aliphatic rings. The van der Waals surface area contributed by atoms with Crippen molar-refractivity contribution in [2.24, 2.45) is 0 Å². The van der Waals surface area contributed by atoms with E-state index < -0.39 is 0 Å². The van der Waals surface area contributed by atoms with Crippen LogP contribution in [-0.4, -0.2) is 47.6 Å². The minimum atomic E-state index is 0.340. The summed E-state index contributed by atoms with van der Waals surface area (Å²) in [5.41, 5.74) is 2.08. The van der Waals surface area contributed by atoms with Gasteiger partial charge in [0, 0.05) is 32.1 Å². The standard InChI is InChI=1S/C15H25ClN4/c1-4-5-19-6-8-20(9-7-19)14-11-17-15(12(2)3)18-13(14)10-16/h11-12H,4-10H2,1-3H3. The summed E-state index contributed by atoms with van der Waals surface area (Å²) in [5.74, 6) is 1.67. The summed E-state index contributed by atoms with van der Waals surface area (Å²) >= 11 is 6.08. The zero-order chi connectivity index (χ0) is 14.5. The Kier molecular flexibility index (Phi) is 5.61. The fourth-order valence-corrected chi connectivity index (χ4v) is 2.79. The molecule has 20 heavy (non-hydrogen) atoms. The van der Waals surface area contributed by atoms with Crippen LogP contribution in [0.3, 0.4) is 0 Å². The van der Waals surface area contributed by atoms with Crippen molar-refractivity contribution in [3.05, 3.63) is 17.7 Å². The molecule has 1 aliphatic heterocycles. The minimum absolute atomic E-state index is 0.340. The van der Waals surface area contributed by atoms with Crippen molar-refractivity contribution in [1.82, 2.24) is 14.9 Å². The van der Waals surface area contributed by atoms with E-state index in [-0.39, 0.29) is 0 Å². The second kappa shape index (κ2) is 7.23. The molecule has 0 aromatic carbocycles. The van der Waals surface area contributed by atoms with Crippen LogP contribution in [0.15, 0.2) is 6.20 Å². The predicted molar refractivity (Wildman–Crippen MR) is 84.6 cm³/mol. The van der Waals surface area contributed by atoms with Crippen molar-refractivity contribution < 1.29 is 0 Å². The van der Waals surface area contributed by atoms with E-state index in [1.54, 1.807) is 0 Å². The number of alkyl halides is 1. The third-order valence-electron chi connectivity index (χ3n) is 3.76. The molecule has 0 atom stereocenters. The third kappa shape index (κ3) is 3.61. The first-order valence-corrected chi connectivity index (χ1v) is 8.08. The number of hydrogen-bond donors (Lipinski definition) is 0. The Morgan fingerprint density at radius 2 is 1.95 bits per heavy atom. The van der Waals surface area contributed by atoms with E-state index in [0.717, 1.165) is 43.4 Å². The van der Waals surface area contributed by atoms with Gasteiger partial charge in [-0.15, -0.1) is 11.6 Å². The molecule has 4 nitrogen and oxygen atoms in total. The summed E-state index contributed by atoms with van der Waals surface area (Å²) in [6.45, 7) is 11.9. The Morgan fingerprint density at radius 1 is 1.25 bits per heavy atom. The largest absolute Gasteiger partial charge is 0.366 e. The lowest BCUT2D eigenvalue weighted by Crippen LogP contribution is -2.47. The lowest BCUT2D eigenvalue weighted by atomic mass is 10.2. The van der Waals surface area contributed by atoms with Gasteiger partial charge in [-0.2, -0.15) is 0 Å². The summed E-state index contributed by atoms with van der Waals surface area (Å²) in [4.78, 5) is 14.0. The van der Waals surface area contributed by atoms with Gasteiger partial charge in [0.05, 0.1) is 23.5 Å². The average Bonchev–Trinajstić information content (AvgIpc) is 2.47. The molecule has 1 saturated heterocycles. The highest BCUT2D eigenvalue weighted by molar-refractivity contribution is 6.17. The molecule has 2 rings (SSSR count). The Labute approximate surface area is 127 Å². The van der Waals surface area contributed by atoms with Crippen LogP contribution in [0, 0.1) is 0 Å². The number of hydrogen-bond acceptors (Lipinski definition) is 4. The van der Waals surface area contributed by atoms with Gasteiger partial charge in [0.25, 0.3) is 0 Å². The molecule has 1 aromatic heterocycles. The van der Waals surface area contributed by atoms with Crippen LogP contribution in [0.1, 0.15) is 44.6 Å². The number of rotatable bonds is 5. The second-order valence-corrected chi connectivity index (χ2v) is 5.94. The molecule has 5 heteroatoms. The highest BCUT2D eigenvalue weighted by Crippen LogP contribution is 2.23. The van der Waals surface area contributed by atoms with Gasteiger partial charge in [-0.3, -0.25) is 4.90 Å². The minimum Gasteiger partial charge on any atom is -0.366 e. The van der Waals surface area contributed by atoms with Crippen molar-refractivity contribution in [3.8, 4) is 0 Å². The monoisotopic (exact) mass is 296 g/mol. The lowest BCUT2D eigenvalue weighted by molar-refractivity contribution is 0.258. The molecule has 2 heterocycles. The molecule has 0 amide bonds. The first kappa shape index (κ1) is 15.5. The summed E-state index contributed by atoms with van der Waals surface area (Å²) < 4.78 is 0. The zero-order valence-corrected chi connectivity index (χ0v) is 13.5. The molecule has 0 N–H and O–H groups in total. The Morgan fingerprint density at radius 3 is 2.50 bits per heavy atom. The molecule has 0 saturated carbocycles. The summed E-state index contributed by atoms with van der Waals surface area (Å²) in [5, 5.41) is 0. The molecule has 0 unspecified atom stereocenters. The van der Waals surface area contributed by atoms with Crippen LogP contribution in [0.25, 0.3) is 0 Å². The molecule has 112 valence electrons. The van der Waals surface area contributed by atoms with E-state index in [1.807, 2.05) is 6.20 Å². The number of aromatic nitrogens is 2. The van der Waals surface area contributed by atoms with Gasteiger partial charge < -0.3 is 4.90 Å². The maximum atomic E-state index is 6.08. The highest BCUT2D eigenvalue weighted by Gasteiger charge is 2.20. The Balaban J connectivity index is 2.09. The molecule has 0 bridgehead atoms. The van der Waals surface area contributed by atoms with Crippen molar-refractivity contribution in [3.63, 3.8) is 0 Å². The Bertz CT molecular complexity index is 428. The smallest absolute Gasteiger partial charge is 0.131 e. The number of halogens is 1. The highest BCUT2D eigenvalue weighted by atomic mass is 35.5. The van der Waals surface area contributed by atoms with E-state index in [1.165, 1.54) is 13.0 Å². The summed E-state index contributed by atoms with van der Waals surface area (Å²) in [6.07, 6.45) is 3.18. The van der Waals surface area contributed by atoms with Gasteiger partial charge in [-0.25, -0.2) is 9.97 Å². The van der Waals surface area contributed by atoms with Gasteiger partial charge in [0.15, 0.2) is 0 Å². The van der Waals surface area contributed by atoms with E-state index >= 15 is 0 Å². The first-order chi connectivity index (χ1) is 9.65. The molecule has 1 aromatic rings. The van der Waals surface area contributed by atoms with Crippen molar-refractivity contribution in [2.45, 2.75) is 39.0 Å². The Hall–Kier alpha value is -0.870. The molecule has 1 fully saturated rings. The van der Waals surface area contributed by atoms with Gasteiger partial charge in [-0.05, 0) is 13.0 Å². The van der Waals surface area contributed by atoms with Crippen LogP contribution in [-0.2, 0) is 5.88 Å². The fraction of sp³-hybridized carbons (Fsp3) is 0.733. The quantitative estimate of drug-likeness (QED) is 0.782. The van der Waals surface area contributed by atoms with Crippen LogP contribution < -0.4 is 4.90 Å². The van der Waals surface area contributed by atoms with Crippen molar-refractivity contribution >= 4 is 17.3 Å². The maximum Gasteiger partial charge on any atom is 0.131 e. The second-order valence-electron chi connectivity index (χ2n) is 5.68. The number of anilines is 1. The zero-order valence-electron chi connectivity index (χ0n) is 12.8. The molecular formula is C15H25ClN4. The van der Waals surface area contributed by atoms with Gasteiger partial charge >= 0.3 is 0 Å². The number of piperazine rings is 1. The van der Waals surface area contributed by atoms with Gasteiger partial charge in [0.2, 0.25) is 0 Å². The average molecular weight is 297 g/mol. The van der Waals surface area contributed by atoms with Crippen LogP contribution in [0.2, 0.25) is 0 Å². The van der Waals surface area contributed by atoms with E-state index in [4.69, 9.17) is 11.6 Å². The van der Waals surface area contributed by atoms with E-state index in [0.29, 0.717) is 11.8 Å². The molecule has 0 aliphatic carbocycles. The molecule has 0 spiro atoms. The predicted octanol–water partition coefficient (Wildman–Crippen LogP) is 2.87. The van der Waals surface area contributed by atoms with E-state index in [2.05, 4.69) is 40.5 Å². The topological polar surface area (TPSA) is 32.3 Å². The van der Waals surface area contributed by atoms with Crippen LogP contribution in [0.4, 0.5) is 5.69 Å². The van der Waals surface area contributed by atoms with Crippen molar-refractivity contribution in [2.75, 3.05) is 37.6 Å². The third-order valence-corrected chi connectivity index (χ3v) is 4.01. The van der Waals surface area contributed by atoms with E-state index in [9.17, 15) is 0 Å².